The molecule has 2 aromatic carbocycles. The van der Waals surface area contributed by atoms with E-state index in [2.05, 4.69) is 24.5 Å². The average molecular weight is 515 g/mol. The maximum Gasteiger partial charge on any atom is 0.256 e. The van der Waals surface area contributed by atoms with Gasteiger partial charge in [0.2, 0.25) is 0 Å². The number of fused-ring (bicyclic) bond motifs is 1. The highest BCUT2D eigenvalue weighted by molar-refractivity contribution is 6.30. The summed E-state index contributed by atoms with van der Waals surface area (Å²) in [5.74, 6) is 2.19. The van der Waals surface area contributed by atoms with Crippen molar-refractivity contribution in [1.29, 1.82) is 0 Å². The molecule has 1 aromatic heterocycles. The molecule has 1 aliphatic carbocycles. The lowest BCUT2D eigenvalue weighted by molar-refractivity contribution is 0.102. The summed E-state index contributed by atoms with van der Waals surface area (Å²) in [4.78, 5) is 13.0. The molecule has 1 saturated carbocycles. The van der Waals surface area contributed by atoms with E-state index in [0.717, 1.165) is 49.4 Å². The predicted molar refractivity (Wildman–Crippen MR) is 142 cm³/mol. The Kier molecular flexibility index (Phi) is 8.05. The summed E-state index contributed by atoms with van der Waals surface area (Å²) >= 11 is 6.31. The van der Waals surface area contributed by atoms with Gasteiger partial charge in [-0.3, -0.25) is 9.48 Å². The van der Waals surface area contributed by atoms with E-state index in [1.807, 2.05) is 47.1 Å². The third-order valence-corrected chi connectivity index (χ3v) is 6.55. The number of anilines is 1. The van der Waals surface area contributed by atoms with Gasteiger partial charge in [0.15, 0.2) is 5.82 Å². The van der Waals surface area contributed by atoms with Gasteiger partial charge in [-0.25, -0.2) is 0 Å². The van der Waals surface area contributed by atoms with Crippen LogP contribution in [0.2, 0.25) is 5.02 Å². The largest absolute Gasteiger partial charge is 0.493 e. The molecule has 1 aliphatic heterocycles. The van der Waals surface area contributed by atoms with Crippen molar-refractivity contribution < 1.29 is 9.53 Å². The maximum atomic E-state index is 13.0. The van der Waals surface area contributed by atoms with Crippen LogP contribution >= 0.6 is 24.0 Å². The van der Waals surface area contributed by atoms with Gasteiger partial charge in [0.25, 0.3) is 5.91 Å². The molecule has 2 heterocycles. The lowest BCUT2D eigenvalue weighted by Gasteiger charge is -2.17. The first-order chi connectivity index (χ1) is 16.5. The molecule has 186 valence electrons. The summed E-state index contributed by atoms with van der Waals surface area (Å²) in [5, 5.41) is 11.8. The third-order valence-electron chi connectivity index (χ3n) is 6.32. The van der Waals surface area contributed by atoms with Gasteiger partial charge in [-0.2, -0.15) is 5.10 Å². The van der Waals surface area contributed by atoms with Crippen molar-refractivity contribution >= 4 is 35.7 Å². The van der Waals surface area contributed by atoms with Gasteiger partial charge in [0, 0.05) is 40.4 Å². The van der Waals surface area contributed by atoms with Crippen molar-refractivity contribution in [3.05, 3.63) is 75.4 Å². The van der Waals surface area contributed by atoms with E-state index in [0.29, 0.717) is 41.4 Å². The van der Waals surface area contributed by atoms with Crippen molar-refractivity contribution in [2.45, 2.75) is 52.1 Å². The zero-order valence-electron chi connectivity index (χ0n) is 20.1. The van der Waals surface area contributed by atoms with Gasteiger partial charge in [-0.15, -0.1) is 12.4 Å². The highest BCUT2D eigenvalue weighted by atomic mass is 35.5. The predicted octanol–water partition coefficient (Wildman–Crippen LogP) is 5.82. The van der Waals surface area contributed by atoms with Gasteiger partial charge in [0.05, 0.1) is 13.2 Å². The Balaban J connectivity index is 0.00000289. The zero-order chi connectivity index (χ0) is 23.7. The second-order valence-corrected chi connectivity index (χ2v) is 10.1. The van der Waals surface area contributed by atoms with Crippen LogP contribution in [0.4, 0.5) is 5.82 Å². The number of halogens is 2. The topological polar surface area (TPSA) is 68.2 Å². The number of benzene rings is 2. The number of nitrogens with one attached hydrogen (secondary N) is 2. The molecular formula is C27H32Cl2N4O2. The summed E-state index contributed by atoms with van der Waals surface area (Å²) < 4.78 is 8.03. The number of hydrogen-bond acceptors (Lipinski definition) is 4. The van der Waals surface area contributed by atoms with Crippen molar-refractivity contribution in [2.24, 2.45) is 5.92 Å². The van der Waals surface area contributed by atoms with E-state index in [-0.39, 0.29) is 18.3 Å². The van der Waals surface area contributed by atoms with Gasteiger partial charge >= 0.3 is 0 Å². The zero-order valence-corrected chi connectivity index (χ0v) is 21.7. The Hall–Kier alpha value is -2.54. The first-order valence-corrected chi connectivity index (χ1v) is 12.5. The second-order valence-electron chi connectivity index (χ2n) is 9.71. The van der Waals surface area contributed by atoms with Crippen LogP contribution in [0.25, 0.3) is 0 Å². The molecule has 35 heavy (non-hydrogen) atoms. The summed E-state index contributed by atoms with van der Waals surface area (Å²) in [5.41, 5.74) is 5.30. The molecule has 0 saturated heterocycles. The fourth-order valence-electron chi connectivity index (χ4n) is 4.36. The van der Waals surface area contributed by atoms with Crippen LogP contribution in [0.15, 0.2) is 42.5 Å². The Labute approximate surface area is 217 Å². The lowest BCUT2D eigenvalue weighted by atomic mass is 9.98. The Morgan fingerprint density at radius 2 is 2.03 bits per heavy atom. The highest BCUT2D eigenvalue weighted by Gasteiger charge is 2.29. The maximum absolute atomic E-state index is 13.0. The smallest absolute Gasteiger partial charge is 0.256 e. The van der Waals surface area contributed by atoms with Crippen molar-refractivity contribution in [2.75, 3.05) is 18.5 Å². The molecule has 0 spiro atoms. The molecule has 3 aromatic rings. The first kappa shape index (κ1) is 25.5. The molecule has 1 fully saturated rings. The molecule has 2 N–H and O–H groups in total. The van der Waals surface area contributed by atoms with E-state index in [1.165, 1.54) is 11.1 Å². The monoisotopic (exact) mass is 514 g/mol. The molecule has 0 bridgehead atoms. The normalized spacial score (nSPS) is 14.9. The minimum atomic E-state index is -0.128. The molecule has 6 nitrogen and oxygen atoms in total. The molecular weight excluding hydrogens is 483 g/mol. The van der Waals surface area contributed by atoms with Crippen LogP contribution in [0.3, 0.4) is 0 Å². The number of amides is 1. The van der Waals surface area contributed by atoms with Crippen molar-refractivity contribution in [3.63, 3.8) is 0 Å². The summed E-state index contributed by atoms with van der Waals surface area (Å²) in [7, 11) is 0. The SMILES string of the molecule is CC(C)COc1ccc(Cl)cc1Cn1nc(NC(=O)c2ccc3c(c2)CCNC3)cc1C1CC1.Cl. The molecule has 5 rings (SSSR count). The number of hydrogen-bond donors (Lipinski definition) is 2. The van der Waals surface area contributed by atoms with Crippen LogP contribution in [0.1, 0.15) is 65.3 Å². The van der Waals surface area contributed by atoms with Crippen LogP contribution in [0, 0.1) is 5.92 Å². The van der Waals surface area contributed by atoms with Gasteiger partial charge in [-0.05, 0) is 73.2 Å². The quantitative estimate of drug-likeness (QED) is 0.397. The second kappa shape index (κ2) is 11.0. The van der Waals surface area contributed by atoms with Gasteiger partial charge in [-0.1, -0.05) is 31.5 Å². The van der Waals surface area contributed by atoms with E-state index in [9.17, 15) is 4.79 Å². The van der Waals surface area contributed by atoms with Crippen molar-refractivity contribution in [1.82, 2.24) is 15.1 Å². The standard InChI is InChI=1S/C27H31ClN4O2.ClH/c1-17(2)16-34-25-8-7-23(28)12-22(25)15-32-24(18-3-4-18)13-26(31-32)30-27(33)20-5-6-21-14-29-10-9-19(21)11-20;/h5-8,11-13,17-18,29H,3-4,9-10,14-16H2,1-2H3,(H,30,31,33);1H. The number of ether oxygens (including phenoxy) is 1. The van der Waals surface area contributed by atoms with E-state index < -0.39 is 0 Å². The summed E-state index contributed by atoms with van der Waals surface area (Å²) in [6.45, 7) is 7.24. The Morgan fingerprint density at radius 3 is 2.80 bits per heavy atom. The van der Waals surface area contributed by atoms with Gasteiger partial charge < -0.3 is 15.4 Å². The number of nitrogens with zero attached hydrogens (tertiary/aromatic N) is 2. The number of aromatic nitrogens is 2. The number of carbonyl (C=O) groups is 1. The van der Waals surface area contributed by atoms with E-state index in [4.69, 9.17) is 21.4 Å². The summed E-state index contributed by atoms with van der Waals surface area (Å²) in [6, 6.07) is 13.7. The lowest BCUT2D eigenvalue weighted by Crippen LogP contribution is -2.24. The molecule has 8 heteroatoms. The number of rotatable bonds is 8. The summed E-state index contributed by atoms with van der Waals surface area (Å²) in [6.07, 6.45) is 3.23. The molecule has 0 unspecified atom stereocenters. The molecule has 0 atom stereocenters. The molecule has 0 radical (unpaired) electrons. The molecule has 1 amide bonds. The Morgan fingerprint density at radius 1 is 1.20 bits per heavy atom. The highest BCUT2D eigenvalue weighted by Crippen LogP contribution is 2.41. The van der Waals surface area contributed by atoms with Crippen LogP contribution in [-0.2, 0) is 19.5 Å². The van der Waals surface area contributed by atoms with Crippen LogP contribution < -0.4 is 15.4 Å². The Bertz CT molecular complexity index is 1200. The minimum absolute atomic E-state index is 0. The van der Waals surface area contributed by atoms with Gasteiger partial charge in [0.1, 0.15) is 5.75 Å². The van der Waals surface area contributed by atoms with E-state index >= 15 is 0 Å². The average Bonchev–Trinajstić information content (AvgIpc) is 3.59. The van der Waals surface area contributed by atoms with E-state index in [1.54, 1.807) is 0 Å². The van der Waals surface area contributed by atoms with Crippen LogP contribution in [0.5, 0.6) is 5.75 Å². The third kappa shape index (κ3) is 6.18. The minimum Gasteiger partial charge on any atom is -0.493 e. The number of carbonyl (C=O) groups excluding carboxylic acids is 1. The van der Waals surface area contributed by atoms with Crippen molar-refractivity contribution in [3.8, 4) is 5.75 Å². The van der Waals surface area contributed by atoms with Crippen LogP contribution in [-0.4, -0.2) is 28.8 Å². The first-order valence-electron chi connectivity index (χ1n) is 12.1. The fourth-order valence-corrected chi connectivity index (χ4v) is 4.56. The molecule has 2 aliphatic rings. The fraction of sp³-hybridized carbons (Fsp3) is 0.407.